The third-order valence-electron chi connectivity index (χ3n) is 5.77. The van der Waals surface area contributed by atoms with Crippen molar-refractivity contribution >= 4 is 25.3 Å². The lowest BCUT2D eigenvalue weighted by Gasteiger charge is -2.30. The SMILES string of the molecule is CCOC(=O)[C@H](CC(C)C)NP(=O)(CCCC(=O)N(C)OCc1ccccc1)N[C@@H](CC(C)C)C(=O)OCC. The number of hydroxylamine groups is 2. The summed E-state index contributed by atoms with van der Waals surface area (Å²) in [5.74, 6) is -1.04. The molecule has 0 fully saturated rings. The van der Waals surface area contributed by atoms with Crippen LogP contribution in [0.4, 0.5) is 0 Å². The first-order chi connectivity index (χ1) is 18.4. The van der Waals surface area contributed by atoms with Crippen molar-refractivity contribution in [2.24, 2.45) is 11.8 Å². The van der Waals surface area contributed by atoms with Gasteiger partial charge in [-0.2, -0.15) is 0 Å². The maximum atomic E-state index is 14.3. The van der Waals surface area contributed by atoms with Crippen molar-refractivity contribution in [2.75, 3.05) is 26.4 Å². The number of benzene rings is 1. The van der Waals surface area contributed by atoms with Gasteiger partial charge in [0.2, 0.25) is 13.4 Å². The van der Waals surface area contributed by atoms with E-state index in [1.165, 1.54) is 5.06 Å². The Labute approximate surface area is 234 Å². The minimum Gasteiger partial charge on any atom is -0.465 e. The normalized spacial score (nSPS) is 13.3. The molecule has 0 aliphatic heterocycles. The number of amides is 1. The summed E-state index contributed by atoms with van der Waals surface area (Å²) in [7, 11) is -2.02. The van der Waals surface area contributed by atoms with Crippen LogP contribution >= 0.6 is 7.44 Å². The molecule has 1 rings (SSSR count). The molecule has 2 atom stereocenters. The van der Waals surface area contributed by atoms with Gasteiger partial charge >= 0.3 is 11.9 Å². The lowest BCUT2D eigenvalue weighted by Crippen LogP contribution is -2.45. The van der Waals surface area contributed by atoms with Crippen molar-refractivity contribution in [2.45, 2.75) is 85.9 Å². The molecule has 39 heavy (non-hydrogen) atoms. The van der Waals surface area contributed by atoms with E-state index < -0.39 is 31.5 Å². The maximum absolute atomic E-state index is 14.3. The van der Waals surface area contributed by atoms with Crippen LogP contribution in [0.15, 0.2) is 30.3 Å². The number of carbonyl (C=O) groups excluding carboxylic acids is 3. The van der Waals surface area contributed by atoms with Crippen molar-refractivity contribution in [3.8, 4) is 0 Å². The molecule has 11 heteroatoms. The third-order valence-corrected chi connectivity index (χ3v) is 8.17. The Morgan fingerprint density at radius 2 is 1.36 bits per heavy atom. The molecule has 10 nitrogen and oxygen atoms in total. The Balaban J connectivity index is 3.02. The monoisotopic (exact) mass is 569 g/mol. The summed E-state index contributed by atoms with van der Waals surface area (Å²) in [6.07, 6.45) is 1.14. The molecule has 0 saturated heterocycles. The number of nitrogens with zero attached hydrogens (tertiary/aromatic N) is 1. The molecule has 1 amide bonds. The average molecular weight is 570 g/mol. The number of carbonyl (C=O) groups is 3. The van der Waals surface area contributed by atoms with Gasteiger partial charge in [0.05, 0.1) is 13.2 Å². The maximum Gasteiger partial charge on any atom is 0.323 e. The van der Waals surface area contributed by atoms with Crippen molar-refractivity contribution in [3.05, 3.63) is 35.9 Å². The summed E-state index contributed by atoms with van der Waals surface area (Å²) in [5, 5.41) is 7.19. The summed E-state index contributed by atoms with van der Waals surface area (Å²) in [5.41, 5.74) is 0.931. The van der Waals surface area contributed by atoms with Gasteiger partial charge in [-0.3, -0.25) is 23.8 Å². The van der Waals surface area contributed by atoms with E-state index in [0.29, 0.717) is 12.8 Å². The van der Waals surface area contributed by atoms with Crippen LogP contribution in [0.3, 0.4) is 0 Å². The molecule has 1 aromatic carbocycles. The van der Waals surface area contributed by atoms with E-state index in [2.05, 4.69) is 10.2 Å². The molecule has 0 aromatic heterocycles. The lowest BCUT2D eigenvalue weighted by molar-refractivity contribution is -0.182. The van der Waals surface area contributed by atoms with Gasteiger partial charge in [-0.05, 0) is 50.5 Å². The summed E-state index contributed by atoms with van der Waals surface area (Å²) >= 11 is 0. The van der Waals surface area contributed by atoms with Crippen molar-refractivity contribution < 1.29 is 33.3 Å². The van der Waals surface area contributed by atoms with Crippen LogP contribution in [0, 0.1) is 11.8 Å². The summed E-state index contributed by atoms with van der Waals surface area (Å²) in [4.78, 5) is 43.7. The van der Waals surface area contributed by atoms with E-state index in [0.717, 1.165) is 5.56 Å². The Morgan fingerprint density at radius 1 is 0.872 bits per heavy atom. The molecule has 0 heterocycles. The van der Waals surface area contributed by atoms with E-state index in [4.69, 9.17) is 14.3 Å². The zero-order chi connectivity index (χ0) is 29.4. The zero-order valence-electron chi connectivity index (χ0n) is 24.6. The first kappa shape index (κ1) is 34.8. The smallest absolute Gasteiger partial charge is 0.323 e. The average Bonchev–Trinajstić information content (AvgIpc) is 2.86. The van der Waals surface area contributed by atoms with E-state index >= 15 is 0 Å². The number of ether oxygens (including phenoxy) is 2. The molecule has 222 valence electrons. The molecule has 0 bridgehead atoms. The predicted molar refractivity (Wildman–Crippen MR) is 152 cm³/mol. The largest absolute Gasteiger partial charge is 0.465 e. The van der Waals surface area contributed by atoms with E-state index in [1.54, 1.807) is 20.9 Å². The van der Waals surface area contributed by atoms with Crippen LogP contribution in [-0.2, 0) is 39.9 Å². The molecular weight excluding hydrogens is 521 g/mol. The summed E-state index contributed by atoms with van der Waals surface area (Å²) < 4.78 is 24.7. The van der Waals surface area contributed by atoms with Gasteiger partial charge in [0.15, 0.2) is 0 Å². The van der Waals surface area contributed by atoms with Gasteiger partial charge in [0.1, 0.15) is 18.7 Å². The fourth-order valence-corrected chi connectivity index (χ4v) is 6.29. The predicted octanol–water partition coefficient (Wildman–Crippen LogP) is 4.68. The van der Waals surface area contributed by atoms with Gasteiger partial charge in [-0.25, -0.2) is 15.2 Å². The highest BCUT2D eigenvalue weighted by Crippen LogP contribution is 2.40. The fraction of sp³-hybridized carbons (Fsp3) is 0.679. The first-order valence-electron chi connectivity index (χ1n) is 13.8. The van der Waals surface area contributed by atoms with E-state index in [1.807, 2.05) is 58.0 Å². The molecule has 0 saturated carbocycles. The number of hydrogen-bond acceptors (Lipinski definition) is 7. The quantitative estimate of drug-likeness (QED) is 0.139. The van der Waals surface area contributed by atoms with Gasteiger partial charge in [0, 0.05) is 19.6 Å². The molecule has 0 aliphatic carbocycles. The Morgan fingerprint density at radius 3 is 1.79 bits per heavy atom. The van der Waals surface area contributed by atoms with Gasteiger partial charge in [-0.15, -0.1) is 0 Å². The van der Waals surface area contributed by atoms with E-state index in [-0.39, 0.29) is 56.6 Å². The second-order valence-corrected chi connectivity index (χ2v) is 12.8. The van der Waals surface area contributed by atoms with Crippen LogP contribution in [0.5, 0.6) is 0 Å². The summed E-state index contributed by atoms with van der Waals surface area (Å²) in [6, 6.07) is 7.82. The minimum absolute atomic E-state index is 0.0350. The van der Waals surface area contributed by atoms with Crippen LogP contribution in [0.1, 0.15) is 72.8 Å². The minimum atomic E-state index is -3.56. The Bertz CT molecular complexity index is 889. The van der Waals surface area contributed by atoms with Gasteiger partial charge < -0.3 is 9.47 Å². The first-order valence-corrected chi connectivity index (χ1v) is 15.7. The molecular formula is C28H48N3O7P. The molecule has 0 spiro atoms. The zero-order valence-corrected chi connectivity index (χ0v) is 25.5. The number of esters is 2. The van der Waals surface area contributed by atoms with Crippen LogP contribution < -0.4 is 10.2 Å². The number of rotatable bonds is 19. The Hall–Kier alpha value is -2.26. The molecule has 0 aliphatic rings. The second kappa shape index (κ2) is 18.2. The molecule has 2 N–H and O–H groups in total. The molecule has 1 aromatic rings. The van der Waals surface area contributed by atoms with Crippen molar-refractivity contribution in [1.29, 1.82) is 0 Å². The molecule has 0 unspecified atom stereocenters. The highest BCUT2D eigenvalue weighted by Gasteiger charge is 2.35. The topological polar surface area (TPSA) is 123 Å². The summed E-state index contributed by atoms with van der Waals surface area (Å²) in [6.45, 7) is 11.9. The van der Waals surface area contributed by atoms with Crippen LogP contribution in [0.2, 0.25) is 0 Å². The number of hydrogen-bond donors (Lipinski definition) is 2. The van der Waals surface area contributed by atoms with Crippen LogP contribution in [-0.4, -0.2) is 61.4 Å². The second-order valence-electron chi connectivity index (χ2n) is 10.3. The third kappa shape index (κ3) is 14.1. The van der Waals surface area contributed by atoms with Crippen molar-refractivity contribution in [1.82, 2.24) is 15.2 Å². The van der Waals surface area contributed by atoms with Gasteiger partial charge in [-0.1, -0.05) is 58.0 Å². The highest BCUT2D eigenvalue weighted by molar-refractivity contribution is 7.59. The standard InChI is InChI=1S/C28H48N3O7P/c1-8-36-27(33)24(18-21(3)4)29-39(35,30-25(19-22(5)6)28(34)37-9-2)17-13-16-26(32)31(7)38-20-23-14-11-10-12-15-23/h10-12,14-15,21-22,24-25H,8-9,13,16-20H2,1-7H3,(H2,29,30,35)/t24-,25-/m0/s1. The fourth-order valence-electron chi connectivity index (χ4n) is 3.93. The van der Waals surface area contributed by atoms with Crippen LogP contribution in [0.25, 0.3) is 0 Å². The van der Waals surface area contributed by atoms with E-state index in [9.17, 15) is 18.9 Å². The number of nitrogens with one attached hydrogen (secondary N) is 2. The van der Waals surface area contributed by atoms with Crippen molar-refractivity contribution in [3.63, 3.8) is 0 Å². The lowest BCUT2D eigenvalue weighted by atomic mass is 10.1. The van der Waals surface area contributed by atoms with Gasteiger partial charge in [0.25, 0.3) is 0 Å². The highest BCUT2D eigenvalue weighted by atomic mass is 31.2. The Kier molecular flexibility index (Phi) is 16.2. The molecule has 0 radical (unpaired) electrons.